The van der Waals surface area contributed by atoms with E-state index < -0.39 is 268 Å². The van der Waals surface area contributed by atoms with Crippen LogP contribution in [-0.2, 0) is 62.0 Å². The van der Waals surface area contributed by atoms with Crippen LogP contribution in [0.2, 0.25) is 10.0 Å². The van der Waals surface area contributed by atoms with Crippen molar-refractivity contribution in [3.8, 4) is 57.1 Å². The molecule has 2 saturated heterocycles. The van der Waals surface area contributed by atoms with Crippen molar-refractivity contribution in [3.63, 3.8) is 0 Å². The zero-order valence-electron chi connectivity index (χ0n) is 77.3. The molecule has 734 valence electrons. The fraction of sp³-hybridized carbons (Fsp3) is 0.577. The molecule has 17 N–H and O–H groups in total. The van der Waals surface area contributed by atoms with E-state index in [0.717, 1.165) is 107 Å². The number of benzene rings is 5. The fourth-order valence-electron chi connectivity index (χ4n) is 20.1. The van der Waals surface area contributed by atoms with Crippen LogP contribution in [0.15, 0.2) is 78.9 Å². The number of imide groups is 1. The fourth-order valence-corrected chi connectivity index (χ4v) is 20.5. The van der Waals surface area contributed by atoms with E-state index in [1.165, 1.54) is 50.2 Å². The van der Waals surface area contributed by atoms with Crippen molar-refractivity contribution in [1.82, 2.24) is 42.5 Å². The van der Waals surface area contributed by atoms with E-state index in [-0.39, 0.29) is 87.9 Å². The molecule has 38 heteroatoms. The maximum absolute atomic E-state index is 16.9. The molecule has 11 aliphatic rings. The number of ether oxygens (including phenoxy) is 8. The lowest BCUT2D eigenvalue weighted by molar-refractivity contribution is -0.334. The molecule has 4 aliphatic carbocycles. The minimum absolute atomic E-state index is 0.0935. The maximum atomic E-state index is 16.9. The van der Waals surface area contributed by atoms with Gasteiger partial charge in [0.25, 0.3) is 0 Å². The summed E-state index contributed by atoms with van der Waals surface area (Å²) < 4.78 is 50.8. The smallest absolute Gasteiger partial charge is 0.408 e. The first kappa shape index (κ1) is 102. The molecule has 135 heavy (non-hydrogen) atoms. The average molecular weight is 1920 g/mol. The Morgan fingerprint density at radius 2 is 1.26 bits per heavy atom. The number of urea groups is 1. The summed E-state index contributed by atoms with van der Waals surface area (Å²) in [6, 6.07) is 3.79. The van der Waals surface area contributed by atoms with Crippen LogP contribution in [0.3, 0.4) is 0 Å². The van der Waals surface area contributed by atoms with Crippen molar-refractivity contribution in [2.75, 3.05) is 13.2 Å². The lowest BCUT2D eigenvalue weighted by Gasteiger charge is -2.54. The summed E-state index contributed by atoms with van der Waals surface area (Å²) in [5, 5.41) is 129. The molecule has 7 heterocycles. The van der Waals surface area contributed by atoms with Crippen LogP contribution in [-0.4, -0.2) is 208 Å². The number of aliphatic hydroxyl groups excluding tert-OH is 6. The van der Waals surface area contributed by atoms with Crippen molar-refractivity contribution in [3.05, 3.63) is 117 Å². The number of Topliss-reactive ketones (excluding diaryl/α,β-unsaturated/α-hetero) is 3. The highest BCUT2D eigenvalue weighted by Gasteiger charge is 2.55. The van der Waals surface area contributed by atoms with E-state index in [2.05, 4.69) is 49.5 Å². The van der Waals surface area contributed by atoms with E-state index in [0.29, 0.717) is 18.3 Å². The summed E-state index contributed by atoms with van der Waals surface area (Å²) in [5.74, 6) is -17.1. The number of halogens is 2. The molecule has 7 aliphatic heterocycles. The molecular weight excluding hydrogens is 1800 g/mol. The highest BCUT2D eigenvalue weighted by atomic mass is 35.5. The number of nitrogens with one attached hydrogen (secondary N) is 8. The molecular formula is C97H124Cl2N8O28. The van der Waals surface area contributed by atoms with Gasteiger partial charge >= 0.3 is 18.2 Å². The molecule has 0 radical (unpaired) electrons. The van der Waals surface area contributed by atoms with Gasteiger partial charge in [0, 0.05) is 55.8 Å². The van der Waals surface area contributed by atoms with Crippen molar-refractivity contribution < 1.29 is 137 Å². The van der Waals surface area contributed by atoms with Gasteiger partial charge < -0.3 is 121 Å². The first-order valence-corrected chi connectivity index (χ1v) is 47.0. The van der Waals surface area contributed by atoms with Gasteiger partial charge in [-0.25, -0.2) is 14.4 Å². The lowest BCUT2D eigenvalue weighted by atomic mass is 9.51. The number of carbonyl (C=O) groups excluding carboxylic acids is 11. The molecule has 16 rings (SSSR count). The monoisotopic (exact) mass is 1920 g/mol. The molecule has 36 nitrogen and oxygen atoms in total. The molecule has 18 atom stereocenters. The largest absolute Gasteiger partial charge is 0.508 e. The van der Waals surface area contributed by atoms with Gasteiger partial charge in [-0.3, -0.25) is 43.7 Å². The standard InChI is InChI=1S/C97H124Cl2N8O28/c1-12-13-14-15-16-17-24-100-92(125)102-73(115)37-54-34-65(112)78(105-89(123)62(25-44(2)3)101-93(126)134-95(5,6)7)80(116)49-19-22-68(60(98)32-49)129-70-35-53-36-71(84(70)133-91-85(83(119)82(118)72(43-108)131-91)132-74-42-97(11,86(120)45(4)128-74)107-94(127)135-96(8,9)10)130-69-23-20-50(33-61(69)99)81(117)79-90(124)104-77(67(114)40-56-51-27-46-26-47(29-51)30-52(56)28-46)59-38-55(109)39-64(111)75(59)58-31-48(18-21-63(58)110)57(88(122)106-79)41-66(113)76(53)103-87(54)121/h18-23,31-33,35-36,38-39,44-47,51-52,54,56-57,62,72,74,76-83,85-86,91,108-111,116-120H,12-17,24-30,34,37,40-43H2,1-11H3,(H,101,126)(H,103,121)(H,104,124)(H,105,123)(H,106,122)(H,107,127)(H2,100,102,115,125)/t45?,46?,47?,51?,52?,54-,56?,57+,62+,72?,74?,76+,77-,78-,79+,80+,81+,82?,83?,85?,86?,91?,97?/m0/s1. The summed E-state index contributed by atoms with van der Waals surface area (Å²) >= 11 is 14.7. The molecule has 4 saturated carbocycles. The van der Waals surface area contributed by atoms with Crippen molar-refractivity contribution in [2.24, 2.45) is 41.4 Å². The third-order valence-corrected chi connectivity index (χ3v) is 27.0. The third kappa shape index (κ3) is 24.4. The maximum Gasteiger partial charge on any atom is 0.408 e. The number of hydrogen-bond donors (Lipinski definition) is 17. The van der Waals surface area contributed by atoms with Gasteiger partial charge in [0.2, 0.25) is 41.6 Å². The van der Waals surface area contributed by atoms with E-state index in [9.17, 15) is 69.9 Å². The topological polar surface area (TPSA) is 540 Å². The number of aliphatic hydroxyl groups is 6. The minimum atomic E-state index is -2.32. The van der Waals surface area contributed by atoms with Gasteiger partial charge in [-0.05, 0) is 218 Å². The molecule has 9 amide bonds. The quantitative estimate of drug-likeness (QED) is 0.0270. The number of unbranched alkanes of at least 4 members (excludes halogenated alkanes) is 5. The van der Waals surface area contributed by atoms with Gasteiger partial charge in [-0.15, -0.1) is 0 Å². The summed E-state index contributed by atoms with van der Waals surface area (Å²) in [7, 11) is 0. The van der Waals surface area contributed by atoms with Gasteiger partial charge in [0.15, 0.2) is 41.2 Å². The van der Waals surface area contributed by atoms with Crippen LogP contribution in [0.25, 0.3) is 11.1 Å². The van der Waals surface area contributed by atoms with Crippen LogP contribution in [0, 0.1) is 41.4 Å². The van der Waals surface area contributed by atoms with E-state index in [1.54, 1.807) is 55.4 Å². The Morgan fingerprint density at radius 3 is 1.87 bits per heavy atom. The van der Waals surface area contributed by atoms with Crippen LogP contribution in [0.5, 0.6) is 46.0 Å². The van der Waals surface area contributed by atoms with Gasteiger partial charge in [-0.1, -0.05) is 94.3 Å². The summed E-state index contributed by atoms with van der Waals surface area (Å²) in [6.45, 7) is 17.1. The highest BCUT2D eigenvalue weighted by Crippen LogP contribution is 2.59. The van der Waals surface area contributed by atoms with E-state index in [4.69, 9.17) is 61.1 Å². The number of ketones is 3. The number of rotatable bonds is 23. The molecule has 0 aromatic heterocycles. The number of amides is 9. The molecule has 5 aromatic carbocycles. The Kier molecular flexibility index (Phi) is 32.2. The molecule has 6 fully saturated rings. The van der Waals surface area contributed by atoms with Gasteiger partial charge in [0.05, 0.1) is 40.1 Å². The van der Waals surface area contributed by atoms with E-state index >= 15 is 28.8 Å². The predicted molar refractivity (Wildman–Crippen MR) is 486 cm³/mol. The number of fused-ring (bicyclic) bond motifs is 15. The molecule has 9 unspecified atom stereocenters. The molecule has 15 bridgehead atoms. The first-order chi connectivity index (χ1) is 63.7. The third-order valence-electron chi connectivity index (χ3n) is 26.4. The summed E-state index contributed by atoms with van der Waals surface area (Å²) in [5.41, 5.74) is -5.72. The van der Waals surface area contributed by atoms with Crippen LogP contribution < -0.4 is 56.7 Å². The highest BCUT2D eigenvalue weighted by molar-refractivity contribution is 6.32. The normalized spacial score (nSPS) is 29.2. The molecule has 5 aromatic rings. The van der Waals surface area contributed by atoms with Gasteiger partial charge in [-0.2, -0.15) is 0 Å². The molecule has 0 spiro atoms. The first-order valence-electron chi connectivity index (χ1n) is 46.3. The van der Waals surface area contributed by atoms with Crippen molar-refractivity contribution >= 4 is 88.3 Å². The second-order valence-electron chi connectivity index (χ2n) is 39.7. The van der Waals surface area contributed by atoms with Crippen LogP contribution in [0.4, 0.5) is 14.4 Å². The Bertz CT molecular complexity index is 5250. The zero-order valence-corrected chi connectivity index (χ0v) is 78.8. The number of hydrogen-bond acceptors (Lipinski definition) is 28. The van der Waals surface area contributed by atoms with E-state index in [1.807, 2.05) is 0 Å². The minimum Gasteiger partial charge on any atom is -0.508 e. The zero-order chi connectivity index (χ0) is 97.9. The Balaban J connectivity index is 1.01. The van der Waals surface area contributed by atoms with Crippen molar-refractivity contribution in [2.45, 2.75) is 300 Å². The Morgan fingerprint density at radius 1 is 0.644 bits per heavy atom. The van der Waals surface area contributed by atoms with Gasteiger partial charge in [0.1, 0.15) is 107 Å². The Labute approximate surface area is 791 Å². The summed E-state index contributed by atoms with van der Waals surface area (Å²) in [4.78, 5) is 168. The van der Waals surface area contributed by atoms with Crippen molar-refractivity contribution in [1.29, 1.82) is 0 Å². The predicted octanol–water partition coefficient (Wildman–Crippen LogP) is 10.6. The summed E-state index contributed by atoms with van der Waals surface area (Å²) in [6.07, 6.45) is -15.1. The number of carbonyl (C=O) groups is 11. The second-order valence-corrected chi connectivity index (χ2v) is 40.5. The Hall–Kier alpha value is -10.5. The lowest BCUT2D eigenvalue weighted by Crippen LogP contribution is -2.66. The number of phenols is 3. The average Bonchev–Trinajstić information content (AvgIpc) is 0.755. The SMILES string of the molecule is CCCCCCCCNC(=O)NC(=O)C[C@@H]1CC(=O)[C@H](NC(=O)[C@@H](CC(C)C)NC(=O)OC(C)(C)C)[C@H](O)c2ccc(c(Cl)c2)Oc2cc3cc(c2OC2OC(CO)C(O)C(O)C2OC2CC(C)(NC(=O)OC(C)(C)C)C(O)C(C)O2)Oc2ccc(cc2Cl)[C@@H](O)[C@H]2NC(=O)[C@H](CC(=O)[C@@H]3NC1=O)c1ccc(O)c(c1)-c1c(O)cc(O)cc1[C@@H](C(=O)CC1C3CC4CC(C3)CC1C4)NC2=O. The second kappa shape index (κ2) is 42.6. The number of aromatic hydroxyl groups is 3. The number of alkyl carbamates (subject to hydrolysis) is 2. The number of phenolic OH excluding ortho intramolecular Hbond substituents is 3. The van der Waals surface area contributed by atoms with Crippen LogP contribution >= 0.6 is 23.2 Å². The van der Waals surface area contributed by atoms with Crippen LogP contribution in [0.1, 0.15) is 243 Å².